The van der Waals surface area contributed by atoms with Crippen LogP contribution in [0.15, 0.2) is 3.92 Å². The summed E-state index contributed by atoms with van der Waals surface area (Å²) in [6.45, 7) is 0.833. The lowest BCUT2D eigenvalue weighted by molar-refractivity contribution is 0.283. The van der Waals surface area contributed by atoms with Gasteiger partial charge in [0.15, 0.2) is 3.92 Å². The third kappa shape index (κ3) is 2.07. The molecule has 0 saturated heterocycles. The van der Waals surface area contributed by atoms with Crippen LogP contribution in [-0.2, 0) is 0 Å². The summed E-state index contributed by atoms with van der Waals surface area (Å²) in [4.78, 5) is 2.16. The highest BCUT2D eigenvalue weighted by Crippen LogP contribution is 2.32. The van der Waals surface area contributed by atoms with Crippen molar-refractivity contribution < 1.29 is 5.11 Å². The monoisotopic (exact) mass is 277 g/mol. The Balaban J connectivity index is 2.09. The number of aromatic nitrogens is 2. The van der Waals surface area contributed by atoms with Gasteiger partial charge in [0.25, 0.3) is 0 Å². The molecular formula is C8H12BrN3OS. The maximum absolute atomic E-state index is 8.98. The summed E-state index contributed by atoms with van der Waals surface area (Å²) in [6, 6.07) is 0.557. The number of rotatable bonds is 4. The lowest BCUT2D eigenvalue weighted by Crippen LogP contribution is -2.41. The molecule has 1 fully saturated rings. The number of aliphatic hydroxyl groups excluding tert-OH is 1. The molecule has 0 aromatic carbocycles. The molecule has 4 nitrogen and oxygen atoms in total. The molecule has 1 heterocycles. The Kier molecular flexibility index (Phi) is 3.35. The molecule has 1 aromatic heterocycles. The zero-order chi connectivity index (χ0) is 9.97. The molecule has 0 radical (unpaired) electrons. The van der Waals surface area contributed by atoms with Crippen molar-refractivity contribution in [2.75, 3.05) is 18.1 Å². The summed E-state index contributed by atoms with van der Waals surface area (Å²) in [5.41, 5.74) is 0. The Morgan fingerprint density at radius 3 is 2.71 bits per heavy atom. The summed E-state index contributed by atoms with van der Waals surface area (Å²) in [7, 11) is 0. The van der Waals surface area contributed by atoms with Gasteiger partial charge in [-0.1, -0.05) is 11.3 Å². The number of nitrogens with zero attached hydrogens (tertiary/aromatic N) is 3. The molecule has 1 aliphatic carbocycles. The Morgan fingerprint density at radius 1 is 1.50 bits per heavy atom. The predicted molar refractivity (Wildman–Crippen MR) is 59.7 cm³/mol. The predicted octanol–water partition coefficient (Wildman–Crippen LogP) is 1.65. The SMILES string of the molecule is OCCN(c1nnc(Br)s1)C1CCC1. The Labute approximate surface area is 95.1 Å². The molecule has 6 heteroatoms. The highest BCUT2D eigenvalue weighted by atomic mass is 79.9. The van der Waals surface area contributed by atoms with E-state index in [-0.39, 0.29) is 6.61 Å². The summed E-state index contributed by atoms with van der Waals surface area (Å²) in [5.74, 6) is 0. The van der Waals surface area contributed by atoms with Gasteiger partial charge in [-0.05, 0) is 35.2 Å². The molecule has 0 amide bonds. The second kappa shape index (κ2) is 4.55. The molecule has 1 aromatic rings. The molecule has 78 valence electrons. The maximum atomic E-state index is 8.98. The largest absolute Gasteiger partial charge is 0.395 e. The van der Waals surface area contributed by atoms with E-state index in [0.717, 1.165) is 9.05 Å². The van der Waals surface area contributed by atoms with Crippen LogP contribution < -0.4 is 4.90 Å². The first-order chi connectivity index (χ1) is 6.81. The molecule has 1 aliphatic rings. The number of hydrogen-bond acceptors (Lipinski definition) is 5. The van der Waals surface area contributed by atoms with Crippen LogP contribution in [0.2, 0.25) is 0 Å². The summed E-state index contributed by atoms with van der Waals surface area (Å²) < 4.78 is 0.801. The molecule has 14 heavy (non-hydrogen) atoms. The minimum atomic E-state index is 0.174. The molecule has 2 rings (SSSR count). The molecular weight excluding hydrogens is 266 g/mol. The van der Waals surface area contributed by atoms with Crippen LogP contribution in [0.4, 0.5) is 5.13 Å². The number of aliphatic hydroxyl groups is 1. The fraction of sp³-hybridized carbons (Fsp3) is 0.750. The van der Waals surface area contributed by atoms with Gasteiger partial charge < -0.3 is 10.0 Å². The quantitative estimate of drug-likeness (QED) is 0.910. The summed E-state index contributed by atoms with van der Waals surface area (Å²) in [5, 5.41) is 17.9. The van der Waals surface area contributed by atoms with Gasteiger partial charge in [0.2, 0.25) is 5.13 Å². The topological polar surface area (TPSA) is 49.2 Å². The summed E-state index contributed by atoms with van der Waals surface area (Å²) in [6.07, 6.45) is 3.70. The Bertz CT molecular complexity index is 303. The first-order valence-corrected chi connectivity index (χ1v) is 6.28. The van der Waals surface area contributed by atoms with Gasteiger partial charge in [-0.3, -0.25) is 0 Å². The zero-order valence-corrected chi connectivity index (χ0v) is 10.1. The van der Waals surface area contributed by atoms with E-state index < -0.39 is 0 Å². The van der Waals surface area contributed by atoms with Gasteiger partial charge in [0.05, 0.1) is 6.61 Å². The van der Waals surface area contributed by atoms with Crippen LogP contribution in [-0.4, -0.2) is 34.5 Å². The van der Waals surface area contributed by atoms with Gasteiger partial charge in [-0.25, -0.2) is 0 Å². The average Bonchev–Trinajstić information content (AvgIpc) is 2.48. The highest BCUT2D eigenvalue weighted by Gasteiger charge is 2.26. The van der Waals surface area contributed by atoms with Gasteiger partial charge in [-0.2, -0.15) is 0 Å². The second-order valence-corrected chi connectivity index (χ2v) is 5.57. The number of hydrogen-bond donors (Lipinski definition) is 1. The van der Waals surface area contributed by atoms with Gasteiger partial charge in [-0.15, -0.1) is 10.2 Å². The third-order valence-electron chi connectivity index (χ3n) is 2.49. The van der Waals surface area contributed by atoms with E-state index in [2.05, 4.69) is 31.0 Å². The van der Waals surface area contributed by atoms with Crippen molar-refractivity contribution in [1.29, 1.82) is 0 Å². The molecule has 0 atom stereocenters. The smallest absolute Gasteiger partial charge is 0.209 e. The lowest BCUT2D eigenvalue weighted by atomic mass is 9.92. The minimum Gasteiger partial charge on any atom is -0.395 e. The number of anilines is 1. The molecule has 0 unspecified atom stereocenters. The molecule has 1 saturated carbocycles. The van der Waals surface area contributed by atoms with Crippen molar-refractivity contribution in [3.05, 3.63) is 3.92 Å². The van der Waals surface area contributed by atoms with Crippen molar-refractivity contribution in [3.8, 4) is 0 Å². The Morgan fingerprint density at radius 2 is 2.29 bits per heavy atom. The fourth-order valence-electron chi connectivity index (χ4n) is 1.55. The van der Waals surface area contributed by atoms with E-state index in [1.807, 2.05) is 0 Å². The van der Waals surface area contributed by atoms with E-state index >= 15 is 0 Å². The average molecular weight is 278 g/mol. The molecule has 0 spiro atoms. The van der Waals surface area contributed by atoms with E-state index in [0.29, 0.717) is 12.6 Å². The van der Waals surface area contributed by atoms with E-state index in [1.165, 1.54) is 30.6 Å². The van der Waals surface area contributed by atoms with Gasteiger partial charge >= 0.3 is 0 Å². The number of halogens is 1. The Hall–Kier alpha value is -0.200. The highest BCUT2D eigenvalue weighted by molar-refractivity contribution is 9.11. The van der Waals surface area contributed by atoms with Crippen molar-refractivity contribution in [2.45, 2.75) is 25.3 Å². The van der Waals surface area contributed by atoms with E-state index in [9.17, 15) is 0 Å². The lowest BCUT2D eigenvalue weighted by Gasteiger charge is -2.36. The fourth-order valence-corrected chi connectivity index (χ4v) is 2.74. The third-order valence-corrected chi connectivity index (χ3v) is 3.88. The molecule has 0 aliphatic heterocycles. The van der Waals surface area contributed by atoms with Crippen LogP contribution >= 0.6 is 27.3 Å². The van der Waals surface area contributed by atoms with Gasteiger partial charge in [0.1, 0.15) is 0 Å². The van der Waals surface area contributed by atoms with Crippen LogP contribution in [0.25, 0.3) is 0 Å². The van der Waals surface area contributed by atoms with Gasteiger partial charge in [0, 0.05) is 12.6 Å². The standard InChI is InChI=1S/C8H12BrN3OS/c9-7-10-11-8(14-7)12(4-5-13)6-2-1-3-6/h6,13H,1-5H2. The van der Waals surface area contributed by atoms with Crippen LogP contribution in [0.3, 0.4) is 0 Å². The van der Waals surface area contributed by atoms with Crippen LogP contribution in [0.1, 0.15) is 19.3 Å². The first-order valence-electron chi connectivity index (χ1n) is 4.68. The van der Waals surface area contributed by atoms with Crippen molar-refractivity contribution in [1.82, 2.24) is 10.2 Å². The van der Waals surface area contributed by atoms with Crippen molar-refractivity contribution in [2.24, 2.45) is 0 Å². The molecule has 0 bridgehead atoms. The normalized spacial score (nSPS) is 16.7. The van der Waals surface area contributed by atoms with Crippen LogP contribution in [0, 0.1) is 0 Å². The van der Waals surface area contributed by atoms with Crippen molar-refractivity contribution >= 4 is 32.4 Å². The summed E-state index contributed by atoms with van der Waals surface area (Å²) >= 11 is 4.82. The van der Waals surface area contributed by atoms with E-state index in [4.69, 9.17) is 5.11 Å². The van der Waals surface area contributed by atoms with E-state index in [1.54, 1.807) is 0 Å². The zero-order valence-electron chi connectivity index (χ0n) is 7.69. The first kappa shape index (κ1) is 10.3. The minimum absolute atomic E-state index is 0.174. The molecule has 1 N–H and O–H groups in total. The second-order valence-electron chi connectivity index (χ2n) is 3.34. The maximum Gasteiger partial charge on any atom is 0.209 e. The van der Waals surface area contributed by atoms with Crippen LogP contribution in [0.5, 0.6) is 0 Å². The van der Waals surface area contributed by atoms with Crippen molar-refractivity contribution in [3.63, 3.8) is 0 Å².